The molecule has 1 aromatic heterocycles. The van der Waals surface area contributed by atoms with Crippen molar-refractivity contribution in [2.75, 3.05) is 13.4 Å². The largest absolute Gasteiger partial charge is 0.462 e. The molecule has 9 nitrogen and oxygen atoms in total. The van der Waals surface area contributed by atoms with Crippen molar-refractivity contribution >= 4 is 5.97 Å². The highest BCUT2D eigenvalue weighted by Gasteiger charge is 2.22. The van der Waals surface area contributed by atoms with Crippen molar-refractivity contribution in [2.24, 2.45) is 11.7 Å². The molecule has 0 amide bonds. The van der Waals surface area contributed by atoms with Crippen LogP contribution >= 0.6 is 0 Å². The van der Waals surface area contributed by atoms with Crippen LogP contribution in [0.1, 0.15) is 17.3 Å². The van der Waals surface area contributed by atoms with Crippen LogP contribution in [-0.2, 0) is 4.74 Å². The third-order valence-electron chi connectivity index (χ3n) is 2.92. The number of aromatic amines is 2. The Kier molecular flexibility index (Phi) is 4.81. The lowest BCUT2D eigenvalue weighted by Gasteiger charge is -2.04. The number of carbonyl (C=O) groups is 1. The minimum absolute atomic E-state index is 0.0503. The summed E-state index contributed by atoms with van der Waals surface area (Å²) in [4.78, 5) is 23.6. The van der Waals surface area contributed by atoms with Gasteiger partial charge in [-0.05, 0) is 25.1 Å². The summed E-state index contributed by atoms with van der Waals surface area (Å²) in [6, 6.07) is 5.15. The van der Waals surface area contributed by atoms with Crippen molar-refractivity contribution in [2.45, 2.75) is 6.92 Å². The maximum Gasteiger partial charge on any atom is 0.346 e. The molecule has 0 saturated carbocycles. The molecule has 0 aliphatic carbocycles. The van der Waals surface area contributed by atoms with Crippen LogP contribution in [0.2, 0.25) is 0 Å². The minimum atomic E-state index is -0.664. The smallest absolute Gasteiger partial charge is 0.346 e. The number of hydrogen-bond donors (Lipinski definition) is 4. The van der Waals surface area contributed by atoms with E-state index < -0.39 is 11.5 Å². The van der Waals surface area contributed by atoms with E-state index in [1.165, 1.54) is 0 Å². The summed E-state index contributed by atoms with van der Waals surface area (Å²) >= 11 is 0. The van der Waals surface area contributed by atoms with Gasteiger partial charge in [0.05, 0.1) is 12.3 Å². The van der Waals surface area contributed by atoms with E-state index >= 15 is 0 Å². The molecular formula is C13H16N4O5. The van der Waals surface area contributed by atoms with Gasteiger partial charge in [-0.2, -0.15) is 0 Å². The van der Waals surface area contributed by atoms with Crippen LogP contribution < -0.4 is 26.7 Å². The lowest BCUT2D eigenvalue weighted by molar-refractivity contribution is 0.0526. The zero-order valence-electron chi connectivity index (χ0n) is 11.8. The van der Waals surface area contributed by atoms with E-state index in [4.69, 9.17) is 14.2 Å². The number of ether oxygens (including phenoxy) is 3. The van der Waals surface area contributed by atoms with Crippen LogP contribution in [0.15, 0.2) is 23.0 Å². The second kappa shape index (κ2) is 6.78. The van der Waals surface area contributed by atoms with Gasteiger partial charge in [0.1, 0.15) is 0 Å². The summed E-state index contributed by atoms with van der Waals surface area (Å²) in [5, 5.41) is 5.08. The predicted molar refractivity (Wildman–Crippen MR) is 77.3 cm³/mol. The van der Waals surface area contributed by atoms with E-state index in [0.717, 1.165) is 0 Å². The van der Waals surface area contributed by atoms with E-state index in [0.29, 0.717) is 22.8 Å². The number of aromatic nitrogens is 2. The fourth-order valence-electron chi connectivity index (χ4n) is 2.02. The average molecular weight is 308 g/mol. The van der Waals surface area contributed by atoms with Gasteiger partial charge in [0.15, 0.2) is 17.1 Å². The number of hydrogen-bond acceptors (Lipinski definition) is 7. The monoisotopic (exact) mass is 308 g/mol. The topological polar surface area (TPSA) is 145 Å². The standard InChI is InChI=1S/C13H12N2O5.H4N2/c1-2-18-13(17)10-11(14-15-12(10)16)7-3-4-8-9(5-7)20-6-19-8;1-2/h3-5H,2,6H2,1H3,(H2,14,15,16);1-2H2. The molecule has 0 fully saturated rings. The summed E-state index contributed by atoms with van der Waals surface area (Å²) < 4.78 is 15.4. The third-order valence-corrected chi connectivity index (χ3v) is 2.92. The van der Waals surface area contributed by atoms with Gasteiger partial charge in [-0.25, -0.2) is 4.79 Å². The molecule has 0 spiro atoms. The van der Waals surface area contributed by atoms with E-state index in [9.17, 15) is 9.59 Å². The van der Waals surface area contributed by atoms with Crippen molar-refractivity contribution < 1.29 is 19.0 Å². The molecule has 6 N–H and O–H groups in total. The van der Waals surface area contributed by atoms with Gasteiger partial charge in [0.2, 0.25) is 6.79 Å². The molecule has 22 heavy (non-hydrogen) atoms. The van der Waals surface area contributed by atoms with Gasteiger partial charge < -0.3 is 14.2 Å². The maximum atomic E-state index is 11.8. The van der Waals surface area contributed by atoms with Gasteiger partial charge in [0, 0.05) is 5.56 Å². The van der Waals surface area contributed by atoms with Crippen LogP contribution in [0.4, 0.5) is 0 Å². The Bertz CT molecular complexity index is 721. The highest BCUT2D eigenvalue weighted by molar-refractivity contribution is 5.96. The zero-order chi connectivity index (χ0) is 16.1. The van der Waals surface area contributed by atoms with E-state index in [1.54, 1.807) is 25.1 Å². The Hall–Kier alpha value is -2.78. The van der Waals surface area contributed by atoms with Crippen LogP contribution in [-0.4, -0.2) is 29.6 Å². The first-order valence-corrected chi connectivity index (χ1v) is 6.42. The predicted octanol–water partition coefficient (Wildman–Crippen LogP) is 0.0942. The normalized spacial score (nSPS) is 11.6. The lowest BCUT2D eigenvalue weighted by Crippen LogP contribution is -2.15. The number of benzene rings is 1. The highest BCUT2D eigenvalue weighted by Crippen LogP contribution is 2.35. The molecule has 2 heterocycles. The van der Waals surface area contributed by atoms with Crippen LogP contribution in [0, 0.1) is 0 Å². The van der Waals surface area contributed by atoms with Gasteiger partial charge >= 0.3 is 5.97 Å². The Morgan fingerprint density at radius 2 is 2.00 bits per heavy atom. The van der Waals surface area contributed by atoms with Gasteiger partial charge in [-0.1, -0.05) is 0 Å². The number of carbonyl (C=O) groups excluding carboxylic acids is 1. The molecule has 0 bridgehead atoms. The van der Waals surface area contributed by atoms with Crippen molar-refractivity contribution in [1.29, 1.82) is 0 Å². The Morgan fingerprint density at radius 1 is 1.27 bits per heavy atom. The molecule has 1 aromatic carbocycles. The van der Waals surface area contributed by atoms with Crippen LogP contribution in [0.5, 0.6) is 11.5 Å². The van der Waals surface area contributed by atoms with Crippen molar-refractivity contribution in [3.63, 3.8) is 0 Å². The van der Waals surface area contributed by atoms with Crippen LogP contribution in [0.25, 0.3) is 11.3 Å². The number of rotatable bonds is 3. The number of hydrazine groups is 1. The zero-order valence-corrected chi connectivity index (χ0v) is 11.8. The summed E-state index contributed by atoms with van der Waals surface area (Å²) in [6.45, 7) is 2.04. The number of H-pyrrole nitrogens is 2. The van der Waals surface area contributed by atoms with E-state index in [1.807, 2.05) is 0 Å². The SMILES string of the molecule is CCOC(=O)c1c(-c2ccc3c(c2)OCO3)[nH][nH]c1=O.NN. The Morgan fingerprint density at radius 3 is 2.73 bits per heavy atom. The summed E-state index contributed by atoms with van der Waals surface area (Å²) in [5.41, 5.74) is 0.434. The molecule has 118 valence electrons. The summed E-state index contributed by atoms with van der Waals surface area (Å²) in [6.07, 6.45) is 0. The fraction of sp³-hybridized carbons (Fsp3) is 0.231. The summed E-state index contributed by atoms with van der Waals surface area (Å²) in [7, 11) is 0. The third kappa shape index (κ3) is 2.80. The van der Waals surface area contributed by atoms with Gasteiger partial charge in [0.25, 0.3) is 5.56 Å². The van der Waals surface area contributed by atoms with Crippen molar-refractivity contribution in [3.05, 3.63) is 34.1 Å². The molecule has 0 unspecified atom stereocenters. The lowest BCUT2D eigenvalue weighted by atomic mass is 10.1. The molecule has 2 aromatic rings. The molecular weight excluding hydrogens is 292 g/mol. The number of nitrogens with two attached hydrogens (primary N) is 2. The molecule has 0 atom stereocenters. The Labute approximate surface area is 125 Å². The van der Waals surface area contributed by atoms with Crippen LogP contribution in [0.3, 0.4) is 0 Å². The van der Waals surface area contributed by atoms with E-state index in [-0.39, 0.29) is 19.0 Å². The first-order valence-electron chi connectivity index (χ1n) is 6.42. The second-order valence-electron chi connectivity index (χ2n) is 4.12. The second-order valence-corrected chi connectivity index (χ2v) is 4.12. The molecule has 1 aliphatic rings. The average Bonchev–Trinajstić information content (AvgIpc) is 3.14. The molecule has 1 aliphatic heterocycles. The summed E-state index contributed by atoms with van der Waals surface area (Å²) in [5.74, 6) is 8.53. The maximum absolute atomic E-state index is 11.8. The molecule has 9 heteroatoms. The minimum Gasteiger partial charge on any atom is -0.462 e. The molecule has 3 rings (SSSR count). The first-order chi connectivity index (χ1) is 10.7. The van der Waals surface area contributed by atoms with Gasteiger partial charge in [-0.3, -0.25) is 26.7 Å². The molecule has 0 radical (unpaired) electrons. The fourth-order valence-corrected chi connectivity index (χ4v) is 2.02. The quantitative estimate of drug-likeness (QED) is 0.357. The first kappa shape index (κ1) is 15.6. The Balaban J connectivity index is 0.000000847. The highest BCUT2D eigenvalue weighted by atomic mass is 16.7. The number of esters is 1. The van der Waals surface area contributed by atoms with E-state index in [2.05, 4.69) is 21.9 Å². The number of fused-ring (bicyclic) bond motifs is 1. The van der Waals surface area contributed by atoms with Crippen molar-refractivity contribution in [1.82, 2.24) is 10.2 Å². The molecule has 0 saturated heterocycles. The number of nitrogens with one attached hydrogen (secondary N) is 2. The van der Waals surface area contributed by atoms with Gasteiger partial charge in [-0.15, -0.1) is 0 Å². The van der Waals surface area contributed by atoms with Crippen molar-refractivity contribution in [3.8, 4) is 22.8 Å².